The third-order valence-corrected chi connectivity index (χ3v) is 2.28. The molecule has 0 aromatic heterocycles. The predicted octanol–water partition coefficient (Wildman–Crippen LogP) is 0.341. The molecule has 0 aliphatic rings. The number of hydrogen-bond acceptors (Lipinski definition) is 4. The quantitative estimate of drug-likeness (QED) is 0.396. The molecule has 0 N–H and O–H groups in total. The van der Waals surface area contributed by atoms with Gasteiger partial charge >= 0.3 is 0 Å². The van der Waals surface area contributed by atoms with Gasteiger partial charge in [-0.3, -0.25) is 4.79 Å². The average Bonchev–Trinajstić information content (AvgIpc) is 2.17. The summed E-state index contributed by atoms with van der Waals surface area (Å²) in [4.78, 5) is 22.0. The van der Waals surface area contributed by atoms with E-state index in [1.165, 1.54) is 23.9 Å². The third-order valence-electron chi connectivity index (χ3n) is 1.54. The second-order valence-corrected chi connectivity index (χ2v) is 3.22. The van der Waals surface area contributed by atoms with Crippen molar-refractivity contribution in [3.63, 3.8) is 0 Å². The van der Waals surface area contributed by atoms with E-state index in [2.05, 4.69) is 0 Å². The number of carbonyl (C=O) groups excluding carboxylic acids is 2. The number of carbonyl (C=O) groups is 2. The summed E-state index contributed by atoms with van der Waals surface area (Å²) < 4.78 is 0. The van der Waals surface area contributed by atoms with Gasteiger partial charge in [0, 0.05) is 10.5 Å². The van der Waals surface area contributed by atoms with Crippen LogP contribution in [0.4, 0.5) is 0 Å². The molecule has 0 aliphatic heterocycles. The summed E-state index contributed by atoms with van der Waals surface area (Å²) in [6, 6.07) is 6.34. The monoisotopic (exact) mass is 195 g/mol. The van der Waals surface area contributed by atoms with Crippen LogP contribution in [0.1, 0.15) is 10.4 Å². The molecule has 1 rings (SSSR count). The highest BCUT2D eigenvalue weighted by molar-refractivity contribution is 7.98. The van der Waals surface area contributed by atoms with Crippen molar-refractivity contribution in [2.75, 3.05) is 6.26 Å². The Kier molecular flexibility index (Phi) is 3.08. The number of hydrogen-bond donors (Lipinski definition) is 0. The fourth-order valence-electron chi connectivity index (χ4n) is 0.860. The number of thioether (sulfide) groups is 1. The minimum Gasteiger partial charge on any atom is -0.541 e. The maximum Gasteiger partial charge on any atom is 0.208 e. The lowest BCUT2D eigenvalue weighted by molar-refractivity contribution is -0.296. The number of ketones is 1. The van der Waals surface area contributed by atoms with Crippen molar-refractivity contribution in [1.82, 2.24) is 0 Å². The minimum atomic E-state index is -1.67. The number of Topliss-reactive ketones (excluding diaryl/α,β-unsaturated/α-hetero) is 1. The highest BCUT2D eigenvalue weighted by atomic mass is 32.2. The molecule has 0 saturated heterocycles. The van der Waals surface area contributed by atoms with Gasteiger partial charge in [0.25, 0.3) is 0 Å². The largest absolute Gasteiger partial charge is 0.541 e. The summed E-state index contributed by atoms with van der Waals surface area (Å²) in [5.41, 5.74) is 0.151. The van der Waals surface area contributed by atoms with Gasteiger partial charge in [0.05, 0.1) is 0 Å². The Morgan fingerprint density at radius 2 is 1.77 bits per heavy atom. The topological polar surface area (TPSA) is 57.2 Å². The van der Waals surface area contributed by atoms with Gasteiger partial charge in [-0.2, -0.15) is 0 Å². The fourth-order valence-corrected chi connectivity index (χ4v) is 1.27. The predicted molar refractivity (Wildman–Crippen MR) is 47.6 cm³/mol. The Hall–Kier alpha value is -1.29. The fraction of sp³-hybridized carbons (Fsp3) is 0.111. The Labute approximate surface area is 79.8 Å². The Balaban J connectivity index is 2.92. The first-order chi connectivity index (χ1) is 6.15. The van der Waals surface area contributed by atoms with Crippen LogP contribution in [-0.2, 0) is 4.79 Å². The highest BCUT2D eigenvalue weighted by Crippen LogP contribution is 2.14. The normalized spacial score (nSPS) is 9.62. The van der Waals surface area contributed by atoms with Crippen LogP contribution in [0.5, 0.6) is 0 Å². The molecular formula is C9H7O3S-. The number of carboxylic acid groups (broad SMARTS) is 1. The Morgan fingerprint density at radius 3 is 2.15 bits per heavy atom. The lowest BCUT2D eigenvalue weighted by Crippen LogP contribution is -2.31. The number of benzene rings is 1. The Bertz CT molecular complexity index is 329. The van der Waals surface area contributed by atoms with Gasteiger partial charge in [0.15, 0.2) is 0 Å². The molecule has 0 unspecified atom stereocenters. The second-order valence-electron chi connectivity index (χ2n) is 2.35. The maximum atomic E-state index is 10.9. The smallest absolute Gasteiger partial charge is 0.208 e. The zero-order chi connectivity index (χ0) is 9.84. The Morgan fingerprint density at radius 1 is 1.23 bits per heavy atom. The van der Waals surface area contributed by atoms with Gasteiger partial charge < -0.3 is 9.90 Å². The van der Waals surface area contributed by atoms with E-state index in [1.54, 1.807) is 12.1 Å². The molecule has 0 heterocycles. The lowest BCUT2D eigenvalue weighted by atomic mass is 10.1. The van der Waals surface area contributed by atoms with E-state index in [4.69, 9.17) is 0 Å². The van der Waals surface area contributed by atoms with Gasteiger partial charge in [-0.25, -0.2) is 0 Å². The van der Waals surface area contributed by atoms with Gasteiger partial charge in [-0.1, -0.05) is 0 Å². The molecule has 0 spiro atoms. The summed E-state index contributed by atoms with van der Waals surface area (Å²) in [5, 5.41) is 10.2. The van der Waals surface area contributed by atoms with Gasteiger partial charge in [0.2, 0.25) is 5.78 Å². The van der Waals surface area contributed by atoms with Crippen molar-refractivity contribution in [3.8, 4) is 0 Å². The molecular weight excluding hydrogens is 188 g/mol. The summed E-state index contributed by atoms with van der Waals surface area (Å²) in [6.45, 7) is 0. The molecule has 4 heteroatoms. The first kappa shape index (κ1) is 9.80. The molecule has 0 fully saturated rings. The molecule has 0 radical (unpaired) electrons. The van der Waals surface area contributed by atoms with Crippen molar-refractivity contribution < 1.29 is 14.7 Å². The molecule has 1 aromatic carbocycles. The van der Waals surface area contributed by atoms with Crippen LogP contribution < -0.4 is 5.11 Å². The van der Waals surface area contributed by atoms with Crippen LogP contribution in [0.3, 0.4) is 0 Å². The van der Waals surface area contributed by atoms with Crippen molar-refractivity contribution in [3.05, 3.63) is 29.8 Å². The van der Waals surface area contributed by atoms with Crippen molar-refractivity contribution in [2.24, 2.45) is 0 Å². The molecule has 0 amide bonds. The summed E-state index contributed by atoms with van der Waals surface area (Å²) in [6.07, 6.45) is 1.90. The molecule has 1 aromatic rings. The van der Waals surface area contributed by atoms with E-state index >= 15 is 0 Å². The first-order valence-electron chi connectivity index (χ1n) is 3.55. The van der Waals surface area contributed by atoms with Gasteiger partial charge in [-0.05, 0) is 30.5 Å². The van der Waals surface area contributed by atoms with Crippen molar-refractivity contribution in [1.29, 1.82) is 0 Å². The molecule has 0 saturated carbocycles. The van der Waals surface area contributed by atoms with Crippen LogP contribution in [0.15, 0.2) is 29.2 Å². The van der Waals surface area contributed by atoms with Crippen molar-refractivity contribution >= 4 is 23.5 Å². The summed E-state index contributed by atoms with van der Waals surface area (Å²) >= 11 is 1.52. The molecule has 0 atom stereocenters. The van der Waals surface area contributed by atoms with E-state index in [0.717, 1.165) is 4.90 Å². The van der Waals surface area contributed by atoms with Crippen LogP contribution >= 0.6 is 11.8 Å². The zero-order valence-corrected chi connectivity index (χ0v) is 7.76. The second kappa shape index (κ2) is 4.09. The standard InChI is InChI=1S/C9H8O3S/c1-13-7-4-2-6(3-5-7)8(10)9(11)12/h2-5H,1H3,(H,11,12)/p-1. The average molecular weight is 195 g/mol. The highest BCUT2D eigenvalue weighted by Gasteiger charge is 2.05. The van der Waals surface area contributed by atoms with E-state index in [9.17, 15) is 14.7 Å². The number of rotatable bonds is 3. The van der Waals surface area contributed by atoms with Gasteiger partial charge in [0.1, 0.15) is 5.97 Å². The van der Waals surface area contributed by atoms with Gasteiger partial charge in [-0.15, -0.1) is 11.8 Å². The molecule has 0 bridgehead atoms. The molecule has 68 valence electrons. The first-order valence-corrected chi connectivity index (χ1v) is 4.77. The van der Waals surface area contributed by atoms with Crippen molar-refractivity contribution in [2.45, 2.75) is 4.90 Å². The van der Waals surface area contributed by atoms with Crippen LogP contribution in [-0.4, -0.2) is 18.0 Å². The molecule has 13 heavy (non-hydrogen) atoms. The number of aliphatic carboxylic acids is 1. The minimum absolute atomic E-state index is 0.151. The molecule has 0 aliphatic carbocycles. The maximum absolute atomic E-state index is 10.9. The SMILES string of the molecule is CSc1ccc(C(=O)C(=O)[O-])cc1. The third kappa shape index (κ3) is 2.32. The van der Waals surface area contributed by atoms with E-state index in [1.807, 2.05) is 6.26 Å². The van der Waals surface area contributed by atoms with Crippen LogP contribution in [0.25, 0.3) is 0 Å². The number of carboxylic acids is 1. The van der Waals surface area contributed by atoms with E-state index in [0.29, 0.717) is 0 Å². The van der Waals surface area contributed by atoms with Crippen LogP contribution in [0, 0.1) is 0 Å². The van der Waals surface area contributed by atoms with E-state index < -0.39 is 11.8 Å². The summed E-state index contributed by atoms with van der Waals surface area (Å²) in [5.74, 6) is -2.65. The van der Waals surface area contributed by atoms with Crippen LogP contribution in [0.2, 0.25) is 0 Å². The summed E-state index contributed by atoms with van der Waals surface area (Å²) in [7, 11) is 0. The van der Waals surface area contributed by atoms with E-state index in [-0.39, 0.29) is 5.56 Å². The molecule has 3 nitrogen and oxygen atoms in total. The lowest BCUT2D eigenvalue weighted by Gasteiger charge is -2.01. The zero-order valence-electron chi connectivity index (χ0n) is 6.94.